The number of rotatable bonds is 3. The lowest BCUT2D eigenvalue weighted by molar-refractivity contribution is 0.0765. The zero-order valence-corrected chi connectivity index (χ0v) is 11.6. The number of hydrogen-bond donors (Lipinski definition) is 1. The number of nitrogens with zero attached hydrogens (tertiary/aromatic N) is 3. The topological polar surface area (TPSA) is 77.3 Å². The number of aromatic nitrogens is 2. The van der Waals surface area contributed by atoms with Crippen LogP contribution in [0.2, 0.25) is 0 Å². The van der Waals surface area contributed by atoms with Crippen LogP contribution in [0.3, 0.4) is 0 Å². The van der Waals surface area contributed by atoms with Crippen LogP contribution in [0.4, 0.5) is 5.69 Å². The van der Waals surface area contributed by atoms with Gasteiger partial charge in [0.25, 0.3) is 5.91 Å². The summed E-state index contributed by atoms with van der Waals surface area (Å²) in [5, 5.41) is 3.94. The second-order valence-electron chi connectivity index (χ2n) is 3.94. The maximum atomic E-state index is 12.2. The van der Waals surface area contributed by atoms with Gasteiger partial charge in [0.2, 0.25) is 0 Å². The molecule has 0 atom stereocenters. The molecule has 2 aromatic rings. The SMILES string of the molecule is CN(Cc1ccc(Br)o1)C(=O)c1c(N)cnn1C. The van der Waals surface area contributed by atoms with Gasteiger partial charge in [-0.2, -0.15) is 5.10 Å². The molecule has 0 fully saturated rings. The normalized spacial score (nSPS) is 10.6. The zero-order valence-electron chi connectivity index (χ0n) is 10.1. The summed E-state index contributed by atoms with van der Waals surface area (Å²) in [4.78, 5) is 13.7. The lowest BCUT2D eigenvalue weighted by Crippen LogP contribution is -2.28. The van der Waals surface area contributed by atoms with Crippen molar-refractivity contribution in [2.75, 3.05) is 12.8 Å². The zero-order chi connectivity index (χ0) is 13.3. The van der Waals surface area contributed by atoms with Crippen molar-refractivity contribution in [3.8, 4) is 0 Å². The lowest BCUT2D eigenvalue weighted by atomic mass is 10.3. The van der Waals surface area contributed by atoms with Gasteiger partial charge in [0.1, 0.15) is 11.5 Å². The molecule has 2 rings (SSSR count). The van der Waals surface area contributed by atoms with Gasteiger partial charge < -0.3 is 15.1 Å². The summed E-state index contributed by atoms with van der Waals surface area (Å²) in [5.74, 6) is 0.499. The highest BCUT2D eigenvalue weighted by Crippen LogP contribution is 2.17. The molecule has 0 aliphatic carbocycles. The summed E-state index contributed by atoms with van der Waals surface area (Å²) in [6.45, 7) is 0.370. The molecule has 0 aliphatic heterocycles. The molecule has 0 radical (unpaired) electrons. The fourth-order valence-corrected chi connectivity index (χ4v) is 1.98. The molecule has 0 saturated carbocycles. The van der Waals surface area contributed by atoms with Crippen molar-refractivity contribution in [2.45, 2.75) is 6.54 Å². The fraction of sp³-hybridized carbons (Fsp3) is 0.273. The van der Waals surface area contributed by atoms with Crippen molar-refractivity contribution in [3.05, 3.63) is 34.5 Å². The summed E-state index contributed by atoms with van der Waals surface area (Å²) in [5.41, 5.74) is 6.46. The number of aryl methyl sites for hydroxylation is 1. The average molecular weight is 313 g/mol. The monoisotopic (exact) mass is 312 g/mol. The summed E-state index contributed by atoms with van der Waals surface area (Å²) in [7, 11) is 3.37. The van der Waals surface area contributed by atoms with Crippen LogP contribution in [0.25, 0.3) is 0 Å². The first-order valence-electron chi connectivity index (χ1n) is 5.26. The highest BCUT2D eigenvalue weighted by Gasteiger charge is 2.19. The Balaban J connectivity index is 2.14. The Labute approximate surface area is 112 Å². The Morgan fingerprint density at radius 2 is 2.33 bits per heavy atom. The second kappa shape index (κ2) is 4.85. The second-order valence-corrected chi connectivity index (χ2v) is 4.72. The van der Waals surface area contributed by atoms with Crippen LogP contribution in [-0.2, 0) is 13.6 Å². The maximum absolute atomic E-state index is 12.2. The van der Waals surface area contributed by atoms with Crippen LogP contribution >= 0.6 is 15.9 Å². The molecule has 1 amide bonds. The van der Waals surface area contributed by atoms with E-state index in [1.807, 2.05) is 0 Å². The Hall–Kier alpha value is -1.76. The first-order chi connectivity index (χ1) is 8.49. The highest BCUT2D eigenvalue weighted by molar-refractivity contribution is 9.10. The number of halogens is 1. The van der Waals surface area contributed by atoms with Gasteiger partial charge in [-0.05, 0) is 28.1 Å². The minimum absolute atomic E-state index is 0.194. The molecule has 0 spiro atoms. The molecular weight excluding hydrogens is 300 g/mol. The number of carbonyl (C=O) groups is 1. The fourth-order valence-electron chi connectivity index (χ4n) is 1.64. The van der Waals surface area contributed by atoms with E-state index in [0.29, 0.717) is 28.4 Å². The van der Waals surface area contributed by atoms with E-state index in [9.17, 15) is 4.79 Å². The molecule has 0 saturated heterocycles. The van der Waals surface area contributed by atoms with Crippen molar-refractivity contribution >= 4 is 27.5 Å². The van der Waals surface area contributed by atoms with E-state index in [4.69, 9.17) is 10.2 Å². The molecule has 96 valence electrons. The molecule has 6 nitrogen and oxygen atoms in total. The molecule has 2 N–H and O–H groups in total. The summed E-state index contributed by atoms with van der Waals surface area (Å²) in [6, 6.07) is 3.59. The first-order valence-corrected chi connectivity index (χ1v) is 6.05. The van der Waals surface area contributed by atoms with E-state index in [1.54, 1.807) is 26.2 Å². The van der Waals surface area contributed by atoms with Gasteiger partial charge in [0.15, 0.2) is 4.67 Å². The molecule has 0 unspecified atom stereocenters. The van der Waals surface area contributed by atoms with Gasteiger partial charge in [-0.3, -0.25) is 9.48 Å². The molecule has 2 heterocycles. The molecule has 0 aliphatic rings. The number of carbonyl (C=O) groups excluding carboxylic acids is 1. The Morgan fingerprint density at radius 1 is 1.61 bits per heavy atom. The van der Waals surface area contributed by atoms with Gasteiger partial charge in [0, 0.05) is 14.1 Å². The number of anilines is 1. The van der Waals surface area contributed by atoms with Crippen molar-refractivity contribution in [1.29, 1.82) is 0 Å². The molecule has 7 heteroatoms. The smallest absolute Gasteiger partial charge is 0.274 e. The van der Waals surface area contributed by atoms with Crippen LogP contribution in [0, 0.1) is 0 Å². The number of amides is 1. The van der Waals surface area contributed by atoms with Crippen molar-refractivity contribution in [3.63, 3.8) is 0 Å². The Kier molecular flexibility index (Phi) is 3.42. The van der Waals surface area contributed by atoms with E-state index in [-0.39, 0.29) is 5.91 Å². The third-order valence-corrected chi connectivity index (χ3v) is 2.96. The van der Waals surface area contributed by atoms with E-state index < -0.39 is 0 Å². The molecule has 18 heavy (non-hydrogen) atoms. The Morgan fingerprint density at radius 3 is 2.83 bits per heavy atom. The largest absolute Gasteiger partial charge is 0.452 e. The molecular formula is C11H13BrN4O2. The van der Waals surface area contributed by atoms with Gasteiger partial charge in [0.05, 0.1) is 18.4 Å². The maximum Gasteiger partial charge on any atom is 0.274 e. The predicted octanol–water partition coefficient (Wildman–Crippen LogP) is 1.63. The van der Waals surface area contributed by atoms with E-state index in [2.05, 4.69) is 21.0 Å². The quantitative estimate of drug-likeness (QED) is 0.934. The van der Waals surface area contributed by atoms with Crippen LogP contribution in [0.1, 0.15) is 16.2 Å². The standard InChI is InChI=1S/C11H13BrN4O2/c1-15(6-7-3-4-9(12)18-7)11(17)10-8(13)5-14-16(10)2/h3-5H,6,13H2,1-2H3. The number of hydrogen-bond acceptors (Lipinski definition) is 4. The van der Waals surface area contributed by atoms with E-state index >= 15 is 0 Å². The van der Waals surface area contributed by atoms with E-state index in [1.165, 1.54) is 15.8 Å². The van der Waals surface area contributed by atoms with Gasteiger partial charge in [-0.15, -0.1) is 0 Å². The van der Waals surface area contributed by atoms with Crippen molar-refractivity contribution < 1.29 is 9.21 Å². The van der Waals surface area contributed by atoms with Gasteiger partial charge >= 0.3 is 0 Å². The lowest BCUT2D eigenvalue weighted by Gasteiger charge is -2.16. The number of nitrogens with two attached hydrogens (primary N) is 1. The van der Waals surface area contributed by atoms with Crippen LogP contribution in [0.15, 0.2) is 27.4 Å². The van der Waals surface area contributed by atoms with Crippen molar-refractivity contribution in [2.24, 2.45) is 7.05 Å². The average Bonchev–Trinajstić information content (AvgIpc) is 2.85. The van der Waals surface area contributed by atoms with Crippen molar-refractivity contribution in [1.82, 2.24) is 14.7 Å². The third-order valence-electron chi connectivity index (χ3n) is 2.54. The van der Waals surface area contributed by atoms with Crippen LogP contribution in [0.5, 0.6) is 0 Å². The summed E-state index contributed by atoms with van der Waals surface area (Å²) < 4.78 is 7.45. The summed E-state index contributed by atoms with van der Waals surface area (Å²) in [6.07, 6.45) is 1.46. The summed E-state index contributed by atoms with van der Waals surface area (Å²) >= 11 is 3.22. The van der Waals surface area contributed by atoms with Gasteiger partial charge in [-0.1, -0.05) is 0 Å². The number of furan rings is 1. The Bertz CT molecular complexity index is 556. The predicted molar refractivity (Wildman–Crippen MR) is 69.8 cm³/mol. The first kappa shape index (κ1) is 12.7. The van der Waals surface area contributed by atoms with Crippen LogP contribution in [-0.4, -0.2) is 27.6 Å². The van der Waals surface area contributed by atoms with Gasteiger partial charge in [-0.25, -0.2) is 0 Å². The third kappa shape index (κ3) is 2.40. The number of nitrogen functional groups attached to an aromatic ring is 1. The molecule has 2 aromatic heterocycles. The minimum atomic E-state index is -0.194. The minimum Gasteiger partial charge on any atom is -0.452 e. The molecule has 0 bridgehead atoms. The van der Waals surface area contributed by atoms with E-state index in [0.717, 1.165) is 0 Å². The van der Waals surface area contributed by atoms with Crippen LogP contribution < -0.4 is 5.73 Å². The molecule has 0 aromatic carbocycles. The highest BCUT2D eigenvalue weighted by atomic mass is 79.9.